The molecule has 1 amide bonds. The van der Waals surface area contributed by atoms with Crippen LogP contribution >= 0.6 is 0 Å². The summed E-state index contributed by atoms with van der Waals surface area (Å²) in [5.41, 5.74) is -3.53. The van der Waals surface area contributed by atoms with E-state index in [1.165, 1.54) is 12.1 Å². The van der Waals surface area contributed by atoms with E-state index in [-0.39, 0.29) is 29.3 Å². The van der Waals surface area contributed by atoms with Gasteiger partial charge < -0.3 is 10.4 Å². The van der Waals surface area contributed by atoms with Crippen molar-refractivity contribution in [3.8, 4) is 0 Å². The minimum absolute atomic E-state index is 0.0111. The molecule has 0 radical (unpaired) electrons. The molecule has 0 aliphatic carbocycles. The number of nitrogens with one attached hydrogen (secondary N) is 1. The van der Waals surface area contributed by atoms with Crippen LogP contribution in [0.4, 0.5) is 32.0 Å². The van der Waals surface area contributed by atoms with Crippen molar-refractivity contribution < 1.29 is 41.0 Å². The molecule has 0 aliphatic heterocycles. The lowest BCUT2D eigenvalue weighted by molar-refractivity contribution is -0.143. The molecule has 160 valence electrons. The molecule has 30 heavy (non-hydrogen) atoms. The van der Waals surface area contributed by atoms with Gasteiger partial charge in [-0.3, -0.25) is 4.79 Å². The summed E-state index contributed by atoms with van der Waals surface area (Å²) >= 11 is 0. The Morgan fingerprint density at radius 3 is 2.17 bits per heavy atom. The van der Waals surface area contributed by atoms with Crippen LogP contribution in [0.3, 0.4) is 0 Å². The molecule has 0 aliphatic rings. The van der Waals surface area contributed by atoms with Gasteiger partial charge in [-0.05, 0) is 35.4 Å². The Morgan fingerprint density at radius 1 is 0.967 bits per heavy atom. The van der Waals surface area contributed by atoms with Crippen LogP contribution in [0.2, 0.25) is 0 Å². The van der Waals surface area contributed by atoms with Gasteiger partial charge in [0.25, 0.3) is 0 Å². The minimum atomic E-state index is -5.03. The van der Waals surface area contributed by atoms with Crippen LogP contribution in [0.25, 0.3) is 12.2 Å². The number of amides is 1. The van der Waals surface area contributed by atoms with E-state index in [0.717, 1.165) is 18.2 Å². The molecule has 2 aromatic rings. The van der Waals surface area contributed by atoms with Gasteiger partial charge in [-0.2, -0.15) is 26.3 Å². The smallest absolute Gasteiger partial charge is 0.417 e. The zero-order valence-corrected chi connectivity index (χ0v) is 15.4. The van der Waals surface area contributed by atoms with Crippen molar-refractivity contribution in [3.05, 3.63) is 64.2 Å². The number of carbonyl (C=O) groups excluding carboxylic acids is 1. The Labute approximate surface area is 166 Å². The molecule has 0 spiro atoms. The number of anilines is 1. The van der Waals surface area contributed by atoms with E-state index in [9.17, 15) is 41.0 Å². The molecule has 2 rings (SSSR count). The summed E-state index contributed by atoms with van der Waals surface area (Å²) in [5, 5.41) is 11.7. The lowest BCUT2D eigenvalue weighted by Crippen LogP contribution is -2.13. The van der Waals surface area contributed by atoms with Gasteiger partial charge in [-0.15, -0.1) is 0 Å². The number of carboxylic acid groups (broad SMARTS) is 1. The van der Waals surface area contributed by atoms with E-state index in [2.05, 4.69) is 5.32 Å². The fraction of sp³-hybridized carbons (Fsp3) is 0.200. The van der Waals surface area contributed by atoms with E-state index >= 15 is 0 Å². The van der Waals surface area contributed by atoms with Gasteiger partial charge in [0.05, 0.1) is 22.4 Å². The van der Waals surface area contributed by atoms with Gasteiger partial charge in [-0.1, -0.05) is 31.2 Å². The van der Waals surface area contributed by atoms with Crippen LogP contribution in [0.1, 0.15) is 46.0 Å². The zero-order valence-electron chi connectivity index (χ0n) is 15.4. The average Bonchev–Trinajstić information content (AvgIpc) is 2.65. The fourth-order valence-electron chi connectivity index (χ4n) is 2.50. The first-order valence-electron chi connectivity index (χ1n) is 8.46. The third kappa shape index (κ3) is 5.62. The van der Waals surface area contributed by atoms with Crippen LogP contribution in [0.5, 0.6) is 0 Å². The number of hydrogen-bond acceptors (Lipinski definition) is 2. The molecule has 4 nitrogen and oxygen atoms in total. The maximum Gasteiger partial charge on any atom is 0.417 e. The first-order chi connectivity index (χ1) is 13.8. The summed E-state index contributed by atoms with van der Waals surface area (Å²) < 4.78 is 77.8. The highest BCUT2D eigenvalue weighted by atomic mass is 19.4. The maximum atomic E-state index is 13.2. The number of benzene rings is 2. The number of aromatic carboxylic acids is 1. The first-order valence-corrected chi connectivity index (χ1v) is 8.46. The second-order valence-electron chi connectivity index (χ2n) is 6.14. The molecule has 0 saturated heterocycles. The van der Waals surface area contributed by atoms with Crippen LogP contribution in [-0.2, 0) is 17.1 Å². The SMILES string of the molecule is CCC(=O)Nc1ccc(/C=C/c2ccc(C(F)(F)F)cc2C(F)(F)F)cc1C(=O)O. The normalized spacial score (nSPS) is 12.2. The second kappa shape index (κ2) is 8.60. The van der Waals surface area contributed by atoms with Crippen molar-refractivity contribution in [1.29, 1.82) is 0 Å². The number of rotatable bonds is 5. The van der Waals surface area contributed by atoms with E-state index < -0.39 is 40.9 Å². The van der Waals surface area contributed by atoms with Crippen LogP contribution in [-0.4, -0.2) is 17.0 Å². The predicted molar refractivity (Wildman–Crippen MR) is 97.7 cm³/mol. The largest absolute Gasteiger partial charge is 0.478 e. The average molecular weight is 431 g/mol. The highest BCUT2D eigenvalue weighted by Gasteiger charge is 2.37. The monoisotopic (exact) mass is 431 g/mol. The van der Waals surface area contributed by atoms with Crippen molar-refractivity contribution in [2.45, 2.75) is 25.7 Å². The minimum Gasteiger partial charge on any atom is -0.478 e. The Morgan fingerprint density at radius 2 is 1.63 bits per heavy atom. The molecule has 10 heteroatoms. The van der Waals surface area contributed by atoms with Crippen LogP contribution < -0.4 is 5.32 Å². The number of carbonyl (C=O) groups is 2. The zero-order chi connectivity index (χ0) is 22.7. The molecule has 0 heterocycles. The van der Waals surface area contributed by atoms with Gasteiger partial charge in [0.2, 0.25) is 5.91 Å². The van der Waals surface area contributed by atoms with Gasteiger partial charge in [0, 0.05) is 6.42 Å². The van der Waals surface area contributed by atoms with Crippen molar-refractivity contribution in [1.82, 2.24) is 0 Å². The van der Waals surface area contributed by atoms with Gasteiger partial charge in [0.15, 0.2) is 0 Å². The molecule has 2 N–H and O–H groups in total. The Balaban J connectivity index is 2.45. The highest BCUT2D eigenvalue weighted by molar-refractivity contribution is 6.01. The number of alkyl halides is 6. The highest BCUT2D eigenvalue weighted by Crippen LogP contribution is 2.38. The number of halogens is 6. The molecule has 0 fully saturated rings. The molecule has 0 bridgehead atoms. The van der Waals surface area contributed by atoms with Crippen LogP contribution in [0, 0.1) is 0 Å². The van der Waals surface area contributed by atoms with E-state index in [1.807, 2.05) is 0 Å². The Bertz CT molecular complexity index is 993. The summed E-state index contributed by atoms with van der Waals surface area (Å²) in [5.74, 6) is -1.80. The number of carboxylic acids is 1. The van der Waals surface area contributed by atoms with Crippen molar-refractivity contribution in [3.63, 3.8) is 0 Å². The molecule has 0 saturated carbocycles. The summed E-state index contributed by atoms with van der Waals surface area (Å²) in [6.45, 7) is 1.56. The standard InChI is InChI=1S/C20H15F6NO3/c1-2-17(28)27-16-8-4-11(9-14(16)18(29)30)3-5-12-6-7-13(19(21,22)23)10-15(12)20(24,25)26/h3-10H,2H2,1H3,(H,27,28)(H,29,30)/b5-3+. The van der Waals surface area contributed by atoms with E-state index in [1.54, 1.807) is 6.92 Å². The van der Waals surface area contributed by atoms with Gasteiger partial charge >= 0.3 is 18.3 Å². The molecule has 0 unspecified atom stereocenters. The summed E-state index contributed by atoms with van der Waals surface area (Å²) in [6.07, 6.45) is -7.78. The lowest BCUT2D eigenvalue weighted by atomic mass is 10.0. The second-order valence-corrected chi connectivity index (χ2v) is 6.14. The maximum absolute atomic E-state index is 13.2. The van der Waals surface area contributed by atoms with Crippen molar-refractivity contribution >= 4 is 29.7 Å². The quantitative estimate of drug-likeness (QED) is 0.455. The van der Waals surface area contributed by atoms with Gasteiger partial charge in [-0.25, -0.2) is 4.79 Å². The topological polar surface area (TPSA) is 66.4 Å². The van der Waals surface area contributed by atoms with Crippen LogP contribution in [0.15, 0.2) is 36.4 Å². The third-order valence-corrected chi connectivity index (χ3v) is 4.01. The fourth-order valence-corrected chi connectivity index (χ4v) is 2.50. The lowest BCUT2D eigenvalue weighted by Gasteiger charge is -2.14. The molecular formula is C20H15F6NO3. The summed E-state index contributed by atoms with van der Waals surface area (Å²) in [6, 6.07) is 4.99. The Hall–Kier alpha value is -3.30. The molecule has 0 atom stereocenters. The first kappa shape index (κ1) is 23.0. The van der Waals surface area contributed by atoms with E-state index in [4.69, 9.17) is 0 Å². The molecular weight excluding hydrogens is 416 g/mol. The molecule has 2 aromatic carbocycles. The van der Waals surface area contributed by atoms with Crippen molar-refractivity contribution in [2.24, 2.45) is 0 Å². The predicted octanol–water partition coefficient (Wildman–Crippen LogP) is 5.94. The van der Waals surface area contributed by atoms with Gasteiger partial charge in [0.1, 0.15) is 0 Å². The van der Waals surface area contributed by atoms with E-state index in [0.29, 0.717) is 12.1 Å². The number of hydrogen-bond donors (Lipinski definition) is 2. The summed E-state index contributed by atoms with van der Waals surface area (Å²) in [7, 11) is 0. The Kier molecular flexibility index (Phi) is 6.59. The third-order valence-electron chi connectivity index (χ3n) is 4.01. The molecule has 0 aromatic heterocycles. The van der Waals surface area contributed by atoms with Crippen molar-refractivity contribution in [2.75, 3.05) is 5.32 Å². The summed E-state index contributed by atoms with van der Waals surface area (Å²) in [4.78, 5) is 22.9.